The number of nitrogens with zero attached hydrogens (tertiary/aromatic N) is 6. The van der Waals surface area contributed by atoms with E-state index in [4.69, 9.17) is 14.2 Å². The fourth-order valence-electron chi connectivity index (χ4n) is 17.9. The maximum absolute atomic E-state index is 14.4. The van der Waals surface area contributed by atoms with E-state index in [-0.39, 0.29) is 18.0 Å². The number of esters is 2. The lowest BCUT2D eigenvalue weighted by Gasteiger charge is -2.32. The van der Waals surface area contributed by atoms with Crippen LogP contribution in [0.4, 0.5) is 4.79 Å². The van der Waals surface area contributed by atoms with E-state index >= 15 is 0 Å². The maximum atomic E-state index is 14.4. The van der Waals surface area contributed by atoms with Gasteiger partial charge in [0.05, 0.1) is 13.7 Å². The molecule has 0 aliphatic carbocycles. The van der Waals surface area contributed by atoms with Crippen LogP contribution in [0.3, 0.4) is 0 Å². The number of carbonyl (C=O) groups is 4. The van der Waals surface area contributed by atoms with Gasteiger partial charge in [-0.15, -0.1) is 0 Å². The maximum Gasteiger partial charge on any atom is 0.410 e. The van der Waals surface area contributed by atoms with Gasteiger partial charge in [-0.05, 0) is 175 Å². The monoisotopic (exact) mass is 1620 g/mol. The van der Waals surface area contributed by atoms with E-state index in [1.807, 2.05) is 25.7 Å². The molecule has 2 aliphatic heterocycles. The van der Waals surface area contributed by atoms with Gasteiger partial charge in [-0.1, -0.05) is 381 Å². The molecule has 0 saturated carbocycles. The van der Waals surface area contributed by atoms with Crippen LogP contribution in [0.1, 0.15) is 498 Å². The molecule has 0 N–H and O–H groups in total. The number of methoxy groups -OCH3 is 1. The first kappa shape index (κ1) is 109. The van der Waals surface area contributed by atoms with Crippen LogP contribution in [0.5, 0.6) is 0 Å². The highest BCUT2D eigenvalue weighted by atomic mass is 16.6. The first-order valence-corrected chi connectivity index (χ1v) is 51.7. The topological polar surface area (TPSA) is 115 Å². The van der Waals surface area contributed by atoms with E-state index in [0.717, 1.165) is 104 Å². The summed E-state index contributed by atoms with van der Waals surface area (Å²) in [6.45, 7) is 33.8. The molecule has 2 heterocycles. The Kier molecular flexibility index (Phi) is 75.5. The minimum Gasteiger partial charge on any atom is -0.469 e. The quantitative estimate of drug-likeness (QED) is 0.0329. The van der Waals surface area contributed by atoms with Crippen molar-refractivity contribution in [3.63, 3.8) is 0 Å². The molecular formula is C102H200N6O7. The second kappa shape index (κ2) is 80.0. The van der Waals surface area contributed by atoms with E-state index in [2.05, 4.69) is 59.1 Å². The predicted octanol–water partition coefficient (Wildman–Crippen LogP) is 28.6. The van der Waals surface area contributed by atoms with Crippen LogP contribution < -0.4 is 0 Å². The van der Waals surface area contributed by atoms with Crippen molar-refractivity contribution in [1.82, 2.24) is 29.4 Å². The molecule has 3 unspecified atom stereocenters. The zero-order chi connectivity index (χ0) is 83.2. The van der Waals surface area contributed by atoms with Gasteiger partial charge in [0.25, 0.3) is 0 Å². The Balaban J connectivity index is 1.83. The average Bonchev–Trinajstić information content (AvgIpc) is 1.40. The van der Waals surface area contributed by atoms with E-state index in [1.165, 1.54) is 432 Å². The van der Waals surface area contributed by atoms with E-state index in [9.17, 15) is 19.2 Å². The molecule has 3 atom stereocenters. The lowest BCUT2D eigenvalue weighted by atomic mass is 10.0. The number of amides is 2. The smallest absolute Gasteiger partial charge is 0.410 e. The van der Waals surface area contributed by atoms with Crippen LogP contribution in [0.25, 0.3) is 0 Å². The molecule has 2 aliphatic rings. The molecule has 0 radical (unpaired) electrons. The minimum absolute atomic E-state index is 0.0892. The van der Waals surface area contributed by atoms with Crippen molar-refractivity contribution in [3.05, 3.63) is 0 Å². The summed E-state index contributed by atoms with van der Waals surface area (Å²) < 4.78 is 16.9. The Bertz CT molecular complexity index is 2120. The van der Waals surface area contributed by atoms with Crippen LogP contribution >= 0.6 is 0 Å². The fourth-order valence-corrected chi connectivity index (χ4v) is 17.9. The number of likely N-dealkylation sites (tertiary alicyclic amines) is 2. The molecule has 0 bridgehead atoms. The molecule has 2 amide bonds. The van der Waals surface area contributed by atoms with E-state index < -0.39 is 11.7 Å². The molecular weight excluding hydrogens is 1420 g/mol. The van der Waals surface area contributed by atoms with Crippen LogP contribution in [0, 0.1) is 11.8 Å². The number of hydrogen-bond donors (Lipinski definition) is 0. The van der Waals surface area contributed by atoms with Gasteiger partial charge in [0.1, 0.15) is 11.7 Å². The lowest BCUT2D eigenvalue weighted by Crippen LogP contribution is -2.45. The summed E-state index contributed by atoms with van der Waals surface area (Å²) in [5.74, 6) is 1.19. The van der Waals surface area contributed by atoms with Crippen LogP contribution in [0.2, 0.25) is 0 Å². The third-order valence-electron chi connectivity index (χ3n) is 26.4. The van der Waals surface area contributed by atoms with Gasteiger partial charge >= 0.3 is 18.0 Å². The largest absolute Gasteiger partial charge is 0.469 e. The summed E-state index contributed by atoms with van der Waals surface area (Å²) in [5.41, 5.74) is -0.926. The molecule has 2 saturated heterocycles. The predicted molar refractivity (Wildman–Crippen MR) is 496 cm³/mol. The first-order valence-electron chi connectivity index (χ1n) is 51.7. The summed E-state index contributed by atoms with van der Waals surface area (Å²) in [5, 5.41) is 0. The summed E-state index contributed by atoms with van der Waals surface area (Å²) in [6, 6.07) is 0. The Hall–Kier alpha value is -2.48. The molecule has 0 aromatic carbocycles. The van der Waals surface area contributed by atoms with E-state index in [0.29, 0.717) is 37.1 Å². The van der Waals surface area contributed by atoms with Crippen molar-refractivity contribution in [2.45, 2.75) is 510 Å². The zero-order valence-electron chi connectivity index (χ0n) is 78.9. The van der Waals surface area contributed by atoms with Gasteiger partial charge in [-0.3, -0.25) is 19.3 Å². The molecule has 115 heavy (non-hydrogen) atoms. The molecule has 0 aromatic heterocycles. The third-order valence-corrected chi connectivity index (χ3v) is 26.4. The molecule has 0 aromatic rings. The Morgan fingerprint density at radius 1 is 0.313 bits per heavy atom. The normalized spacial score (nSPS) is 15.0. The Morgan fingerprint density at radius 3 is 0.861 bits per heavy atom. The lowest BCUT2D eigenvalue weighted by molar-refractivity contribution is -0.161. The summed E-state index contributed by atoms with van der Waals surface area (Å²) in [6.07, 6.45) is 87.7. The number of hydrogen-bond acceptors (Lipinski definition) is 11. The van der Waals surface area contributed by atoms with Gasteiger partial charge in [-0.25, -0.2) is 4.79 Å². The number of unbranched alkanes of at least 4 members (excludes halogenated alkanes) is 56. The van der Waals surface area contributed by atoms with Gasteiger partial charge in [0.2, 0.25) is 5.91 Å². The van der Waals surface area contributed by atoms with Gasteiger partial charge < -0.3 is 38.7 Å². The minimum atomic E-state index is -0.926. The second-order valence-corrected chi connectivity index (χ2v) is 37.7. The first-order chi connectivity index (χ1) is 56.3. The molecule has 680 valence electrons. The molecule has 13 heteroatoms. The van der Waals surface area contributed by atoms with Crippen molar-refractivity contribution >= 4 is 23.9 Å². The third kappa shape index (κ3) is 65.9. The van der Waals surface area contributed by atoms with Gasteiger partial charge in [0, 0.05) is 52.1 Å². The second-order valence-electron chi connectivity index (χ2n) is 37.7. The van der Waals surface area contributed by atoms with Crippen molar-refractivity contribution in [2.24, 2.45) is 11.8 Å². The zero-order valence-corrected chi connectivity index (χ0v) is 78.9. The van der Waals surface area contributed by atoms with Crippen LogP contribution in [-0.2, 0) is 28.6 Å². The fraction of sp³-hybridized carbons (Fsp3) is 0.961. The number of rotatable bonds is 88. The Morgan fingerprint density at radius 2 is 0.557 bits per heavy atom. The highest BCUT2D eigenvalue weighted by molar-refractivity contribution is 5.78. The summed E-state index contributed by atoms with van der Waals surface area (Å²) in [4.78, 5) is 67.8. The highest BCUT2D eigenvalue weighted by Gasteiger charge is 2.37. The number of ether oxygens (including phenoxy) is 3. The van der Waals surface area contributed by atoms with Gasteiger partial charge in [-0.2, -0.15) is 0 Å². The molecule has 13 nitrogen and oxygen atoms in total. The van der Waals surface area contributed by atoms with Crippen molar-refractivity contribution in [3.8, 4) is 0 Å². The standard InChI is InChI=1S/C102H200N6O7/c1-10-15-20-25-30-32-34-36-42-51-59-66-79-103(86-75-96-77-88-107(92-96)98(109)94-106(85-72-63-50-29-24-19-14-5)91-90-105(83-70-57-48-27-22-17-12-3)84-71-58-49-28-23-18-13-4)80-67-61-54-45-39-41-47-56-65-74-100(111)114-95(6)102(7,8)115-101(112)108-89-78-97(93-108)76-87-104(81-68-60-52-43-37-35-33-31-26-21-16-11-2)82-69-62-53-44-38-40-46-55-64-73-99(110)113-9/h95-97H,10-94H2,1-9H3. The molecule has 0 spiro atoms. The van der Waals surface area contributed by atoms with Crippen molar-refractivity contribution < 1.29 is 33.4 Å². The summed E-state index contributed by atoms with van der Waals surface area (Å²) >= 11 is 0. The van der Waals surface area contributed by atoms with E-state index in [1.54, 1.807) is 0 Å². The van der Waals surface area contributed by atoms with Crippen LogP contribution in [0.15, 0.2) is 0 Å². The summed E-state index contributed by atoms with van der Waals surface area (Å²) in [7, 11) is 1.48. The SMILES string of the molecule is CCCCCCCCCCCCCCN(CCCCCCCCCCCC(=O)OC(C)C(C)(C)OC(=O)N1CCC(CCN(CCCCCCCCCCCCCC)CCCCCCCCCCCC(=O)OC)C1)CCC1CCN(C(=O)CN(CCCCCCCCC)CCN(CCCCCCCCC)CCCCCCCCC)C1. The molecule has 2 fully saturated rings. The molecule has 2 rings (SSSR count). The van der Waals surface area contributed by atoms with Crippen molar-refractivity contribution in [2.75, 3.05) is 112 Å². The average molecular weight is 1620 g/mol. The number of carbonyl (C=O) groups excluding carboxylic acids is 4. The van der Waals surface area contributed by atoms with Crippen LogP contribution in [-0.4, -0.2) is 177 Å². The van der Waals surface area contributed by atoms with Gasteiger partial charge in [0.15, 0.2) is 0 Å². The highest BCUT2D eigenvalue weighted by Crippen LogP contribution is 2.28. The Labute approximate surface area is 716 Å². The van der Waals surface area contributed by atoms with Crippen molar-refractivity contribution in [1.29, 1.82) is 0 Å².